The summed E-state index contributed by atoms with van der Waals surface area (Å²) >= 11 is 5.91. The molecule has 0 fully saturated rings. The number of carbonyl (C=O) groups is 1. The van der Waals surface area contributed by atoms with Gasteiger partial charge in [0.2, 0.25) is 0 Å². The maximum atomic E-state index is 13.2. The Morgan fingerprint density at radius 2 is 2.10 bits per heavy atom. The molecule has 0 aliphatic carbocycles. The van der Waals surface area contributed by atoms with E-state index in [-0.39, 0.29) is 16.9 Å². The van der Waals surface area contributed by atoms with Crippen molar-refractivity contribution in [1.82, 2.24) is 4.98 Å². The van der Waals surface area contributed by atoms with Gasteiger partial charge >= 0.3 is 0 Å². The van der Waals surface area contributed by atoms with E-state index >= 15 is 0 Å². The molecule has 1 aromatic carbocycles. The highest BCUT2D eigenvalue weighted by Crippen LogP contribution is 2.19. The van der Waals surface area contributed by atoms with Crippen LogP contribution in [-0.2, 0) is 6.42 Å². The smallest absolute Gasteiger partial charge is 0.258 e. The number of aromatic nitrogens is 1. The van der Waals surface area contributed by atoms with E-state index < -0.39 is 0 Å². The third-order valence-electron chi connectivity index (χ3n) is 2.96. The third kappa shape index (κ3) is 3.14. The number of amides is 1. The molecule has 0 saturated carbocycles. The molecule has 3 nitrogen and oxygen atoms in total. The second-order valence-electron chi connectivity index (χ2n) is 4.37. The molecule has 0 N–H and O–H groups in total. The quantitative estimate of drug-likeness (QED) is 0.808. The summed E-state index contributed by atoms with van der Waals surface area (Å²) in [5, 5.41) is 0.278. The number of halogens is 2. The van der Waals surface area contributed by atoms with Crippen LogP contribution >= 0.6 is 11.6 Å². The molecule has 0 aliphatic heterocycles. The summed E-state index contributed by atoms with van der Waals surface area (Å²) in [5.74, 6) is -0.640. The molecule has 104 valence electrons. The maximum absolute atomic E-state index is 13.2. The SMILES string of the molecule is CCc1cc(C(=O)N(C)c2cccc(F)c2)cc(Cl)n1. The molecule has 0 unspecified atom stereocenters. The Kier molecular flexibility index (Phi) is 4.35. The lowest BCUT2D eigenvalue weighted by Gasteiger charge is -2.17. The molecule has 0 saturated heterocycles. The van der Waals surface area contributed by atoms with Crippen molar-refractivity contribution in [3.8, 4) is 0 Å². The summed E-state index contributed by atoms with van der Waals surface area (Å²) in [5.41, 5.74) is 1.67. The minimum Gasteiger partial charge on any atom is -0.311 e. The van der Waals surface area contributed by atoms with Crippen molar-refractivity contribution in [2.24, 2.45) is 0 Å². The summed E-state index contributed by atoms with van der Waals surface area (Å²) < 4.78 is 13.2. The van der Waals surface area contributed by atoms with Crippen LogP contribution in [0.2, 0.25) is 5.15 Å². The van der Waals surface area contributed by atoms with Crippen LogP contribution in [0.25, 0.3) is 0 Å². The Labute approximate surface area is 122 Å². The van der Waals surface area contributed by atoms with Gasteiger partial charge in [-0.25, -0.2) is 9.37 Å². The highest BCUT2D eigenvalue weighted by molar-refractivity contribution is 6.29. The van der Waals surface area contributed by atoms with E-state index in [4.69, 9.17) is 11.6 Å². The van der Waals surface area contributed by atoms with Crippen LogP contribution < -0.4 is 4.90 Å². The Morgan fingerprint density at radius 1 is 1.35 bits per heavy atom. The molecule has 20 heavy (non-hydrogen) atoms. The lowest BCUT2D eigenvalue weighted by atomic mass is 10.1. The van der Waals surface area contributed by atoms with Gasteiger partial charge in [0, 0.05) is 24.0 Å². The standard InChI is InChI=1S/C15H14ClFN2O/c1-3-12-7-10(8-14(16)18-12)15(20)19(2)13-6-4-5-11(17)9-13/h4-9H,3H2,1-2H3. The Hall–Kier alpha value is -1.94. The molecule has 2 aromatic rings. The van der Waals surface area contributed by atoms with Crippen molar-refractivity contribution < 1.29 is 9.18 Å². The number of rotatable bonds is 3. The van der Waals surface area contributed by atoms with Crippen molar-refractivity contribution in [2.45, 2.75) is 13.3 Å². The minimum absolute atomic E-state index is 0.255. The van der Waals surface area contributed by atoms with Crippen molar-refractivity contribution in [3.63, 3.8) is 0 Å². The van der Waals surface area contributed by atoms with E-state index in [0.29, 0.717) is 17.7 Å². The van der Waals surface area contributed by atoms with Crippen LogP contribution in [0.3, 0.4) is 0 Å². The van der Waals surface area contributed by atoms with E-state index in [1.165, 1.54) is 23.1 Å². The molecule has 1 aromatic heterocycles. The monoisotopic (exact) mass is 292 g/mol. The minimum atomic E-state index is -0.385. The first-order valence-electron chi connectivity index (χ1n) is 6.21. The first-order chi connectivity index (χ1) is 9.51. The molecule has 5 heteroatoms. The van der Waals surface area contributed by atoms with Crippen molar-refractivity contribution in [2.75, 3.05) is 11.9 Å². The van der Waals surface area contributed by atoms with Gasteiger partial charge in [-0.05, 0) is 36.8 Å². The molecule has 1 amide bonds. The van der Waals surface area contributed by atoms with Gasteiger partial charge in [-0.3, -0.25) is 4.79 Å². The maximum Gasteiger partial charge on any atom is 0.258 e. The zero-order valence-electron chi connectivity index (χ0n) is 11.2. The summed E-state index contributed by atoms with van der Waals surface area (Å²) in [6.07, 6.45) is 0.685. The average Bonchev–Trinajstić information content (AvgIpc) is 2.45. The molecule has 2 rings (SSSR count). The molecule has 0 spiro atoms. The summed E-state index contributed by atoms with van der Waals surface area (Å²) in [6, 6.07) is 9.08. The topological polar surface area (TPSA) is 33.2 Å². The van der Waals surface area contributed by atoms with Crippen molar-refractivity contribution >= 4 is 23.2 Å². The van der Waals surface area contributed by atoms with E-state index in [1.54, 1.807) is 25.2 Å². The average molecular weight is 293 g/mol. The molecular weight excluding hydrogens is 279 g/mol. The van der Waals surface area contributed by atoms with Gasteiger partial charge in [-0.1, -0.05) is 24.6 Å². The Balaban J connectivity index is 2.33. The summed E-state index contributed by atoms with van der Waals surface area (Å²) in [7, 11) is 1.59. The highest BCUT2D eigenvalue weighted by Gasteiger charge is 2.15. The fraction of sp³-hybridized carbons (Fsp3) is 0.200. The van der Waals surface area contributed by atoms with Gasteiger partial charge in [0.1, 0.15) is 11.0 Å². The fourth-order valence-electron chi connectivity index (χ4n) is 1.85. The van der Waals surface area contributed by atoms with Crippen LogP contribution in [0.5, 0.6) is 0 Å². The number of benzene rings is 1. The fourth-order valence-corrected chi connectivity index (χ4v) is 2.08. The molecule has 1 heterocycles. The summed E-state index contributed by atoms with van der Waals surface area (Å²) in [4.78, 5) is 17.9. The van der Waals surface area contributed by atoms with E-state index in [9.17, 15) is 9.18 Å². The highest BCUT2D eigenvalue weighted by atomic mass is 35.5. The van der Waals surface area contributed by atoms with Crippen LogP contribution in [0.1, 0.15) is 23.0 Å². The van der Waals surface area contributed by atoms with Crippen molar-refractivity contribution in [1.29, 1.82) is 0 Å². The number of hydrogen-bond donors (Lipinski definition) is 0. The number of anilines is 1. The van der Waals surface area contributed by atoms with Crippen LogP contribution in [0, 0.1) is 5.82 Å². The lowest BCUT2D eigenvalue weighted by molar-refractivity contribution is 0.0993. The van der Waals surface area contributed by atoms with Crippen LogP contribution in [0.15, 0.2) is 36.4 Å². The summed E-state index contributed by atoms with van der Waals surface area (Å²) in [6.45, 7) is 1.93. The molecular formula is C15H14ClFN2O. The van der Waals surface area contributed by atoms with Gasteiger partial charge in [0.15, 0.2) is 0 Å². The molecule has 0 aliphatic rings. The lowest BCUT2D eigenvalue weighted by Crippen LogP contribution is -2.26. The molecule has 0 radical (unpaired) electrons. The van der Waals surface area contributed by atoms with E-state index in [0.717, 1.165) is 5.69 Å². The number of aryl methyl sites for hydroxylation is 1. The Bertz CT molecular complexity index is 646. The van der Waals surface area contributed by atoms with E-state index in [2.05, 4.69) is 4.98 Å². The number of hydrogen-bond acceptors (Lipinski definition) is 2. The number of pyridine rings is 1. The van der Waals surface area contributed by atoms with E-state index in [1.807, 2.05) is 6.92 Å². The van der Waals surface area contributed by atoms with Gasteiger partial charge in [-0.15, -0.1) is 0 Å². The predicted molar refractivity (Wildman–Crippen MR) is 77.8 cm³/mol. The molecule has 0 atom stereocenters. The predicted octanol–water partition coefficient (Wildman–Crippen LogP) is 3.71. The van der Waals surface area contributed by atoms with Gasteiger partial charge in [-0.2, -0.15) is 0 Å². The van der Waals surface area contributed by atoms with Gasteiger partial charge in [0.05, 0.1) is 0 Å². The Morgan fingerprint density at radius 3 is 2.75 bits per heavy atom. The number of carbonyl (C=O) groups excluding carboxylic acids is 1. The molecule has 0 bridgehead atoms. The second-order valence-corrected chi connectivity index (χ2v) is 4.75. The first-order valence-corrected chi connectivity index (χ1v) is 6.59. The van der Waals surface area contributed by atoms with Crippen LogP contribution in [-0.4, -0.2) is 17.9 Å². The first kappa shape index (κ1) is 14.5. The van der Waals surface area contributed by atoms with Gasteiger partial charge < -0.3 is 4.90 Å². The number of nitrogens with zero attached hydrogens (tertiary/aromatic N) is 2. The van der Waals surface area contributed by atoms with Gasteiger partial charge in [0.25, 0.3) is 5.91 Å². The largest absolute Gasteiger partial charge is 0.311 e. The normalized spacial score (nSPS) is 10.4. The zero-order valence-corrected chi connectivity index (χ0v) is 12.0. The second kappa shape index (κ2) is 6.01. The third-order valence-corrected chi connectivity index (χ3v) is 3.15. The zero-order chi connectivity index (χ0) is 14.7. The van der Waals surface area contributed by atoms with Crippen LogP contribution in [0.4, 0.5) is 10.1 Å². The van der Waals surface area contributed by atoms with Crippen molar-refractivity contribution in [3.05, 3.63) is 58.6 Å².